The lowest BCUT2D eigenvalue weighted by Gasteiger charge is -2.44. The Hall–Kier alpha value is -6.69. The number of amides is 6. The number of nitrogens with one attached hydrogen (secondary N) is 4. The van der Waals surface area contributed by atoms with Crippen LogP contribution in [0.15, 0.2) is 71.7 Å². The second-order valence-electron chi connectivity index (χ2n) is 17.2. The van der Waals surface area contributed by atoms with Crippen LogP contribution in [0.4, 0.5) is 28.9 Å². The number of carbonyl (C=O) groups excluding carboxylic acids is 6. The Bertz CT molecular complexity index is 2620. The molecule has 6 amide bonds. The van der Waals surface area contributed by atoms with Crippen LogP contribution in [-0.2, 0) is 22.2 Å². The molecular weight excluding hydrogens is 863 g/mol. The minimum atomic E-state index is -4.99. The number of fused-ring (bicyclic) bond motifs is 1. The number of aryl methyl sites for hydroxylation is 1. The maximum atomic E-state index is 15.5. The average molecular weight is 914 g/mol. The summed E-state index contributed by atoms with van der Waals surface area (Å²) in [4.78, 5) is 96.5. The van der Waals surface area contributed by atoms with E-state index in [1.165, 1.54) is 18.2 Å². The van der Waals surface area contributed by atoms with E-state index >= 15 is 4.39 Å². The molecule has 3 aromatic carbocycles. The van der Waals surface area contributed by atoms with Crippen molar-refractivity contribution < 1.29 is 46.3 Å². The highest BCUT2D eigenvalue weighted by Gasteiger charge is 2.45. The van der Waals surface area contributed by atoms with Crippen molar-refractivity contribution in [1.29, 1.82) is 0 Å². The van der Waals surface area contributed by atoms with Crippen molar-refractivity contribution in [2.75, 3.05) is 36.9 Å². The Balaban J connectivity index is 0.941. The molecule has 4 N–H and O–H groups in total. The zero-order chi connectivity index (χ0) is 47.4. The largest absolute Gasteiger partial charge is 0.417 e. The average Bonchev–Trinajstić information content (AvgIpc) is 3.53. The second kappa shape index (κ2) is 19.8. The number of hydrogen-bond donors (Lipinski definition) is 4. The number of aromatic amines is 1. The van der Waals surface area contributed by atoms with E-state index in [2.05, 4.69) is 25.8 Å². The molecule has 1 unspecified atom stereocenters. The number of unbranched alkanes of at least 4 members (excludes halogenated alkanes) is 5. The van der Waals surface area contributed by atoms with E-state index in [1.54, 1.807) is 24.3 Å². The number of imide groups is 2. The quantitative estimate of drug-likeness (QED) is 0.0574. The normalized spacial score (nSPS) is 18.9. The Kier molecular flexibility index (Phi) is 14.2. The van der Waals surface area contributed by atoms with Crippen molar-refractivity contribution in [3.05, 3.63) is 116 Å². The fraction of sp³-hybridized carbons (Fsp3) is 0.396. The summed E-state index contributed by atoms with van der Waals surface area (Å²) in [5.74, 6) is -4.37. The SMILES string of the molecule is C[C@@H]1CN(c2ccc(-c3cc(C(=O)NCCCCCCCCc4cccc5c4C(=O)N(C4CCC(=O)NC4=O)C5=O)ccc3F)cc2NC(=O)c2c[nH]c(=O)cc2C(F)(F)F)C[C@H](C)N1C. The molecule has 0 saturated carbocycles. The summed E-state index contributed by atoms with van der Waals surface area (Å²) in [6.07, 6.45) is 1.30. The lowest BCUT2D eigenvalue weighted by molar-refractivity contribution is -0.138. The van der Waals surface area contributed by atoms with Crippen LogP contribution in [0.2, 0.25) is 0 Å². The van der Waals surface area contributed by atoms with Gasteiger partial charge in [-0.05, 0) is 94.1 Å². The third-order valence-corrected chi connectivity index (χ3v) is 12.7. The Morgan fingerprint density at radius 2 is 1.53 bits per heavy atom. The first-order valence-corrected chi connectivity index (χ1v) is 22.1. The van der Waals surface area contributed by atoms with Gasteiger partial charge in [0.25, 0.3) is 23.6 Å². The van der Waals surface area contributed by atoms with E-state index in [0.717, 1.165) is 48.6 Å². The topological polar surface area (TPSA) is 181 Å². The molecule has 66 heavy (non-hydrogen) atoms. The Morgan fingerprint density at radius 3 is 2.24 bits per heavy atom. The van der Waals surface area contributed by atoms with Gasteiger partial charge < -0.3 is 20.5 Å². The van der Waals surface area contributed by atoms with E-state index < -0.39 is 70.2 Å². The number of anilines is 2. The van der Waals surface area contributed by atoms with Gasteiger partial charge in [0.2, 0.25) is 17.4 Å². The summed E-state index contributed by atoms with van der Waals surface area (Å²) >= 11 is 0. The molecule has 7 rings (SSSR count). The van der Waals surface area contributed by atoms with E-state index in [9.17, 15) is 46.7 Å². The third kappa shape index (κ3) is 10.2. The van der Waals surface area contributed by atoms with Gasteiger partial charge >= 0.3 is 6.18 Å². The number of carbonyl (C=O) groups is 6. The number of halogens is 4. The summed E-state index contributed by atoms with van der Waals surface area (Å²) in [7, 11) is 1.99. The molecular formula is C48H51F4N7O7. The summed E-state index contributed by atoms with van der Waals surface area (Å²) < 4.78 is 57.3. The predicted molar refractivity (Wildman–Crippen MR) is 238 cm³/mol. The first-order valence-electron chi connectivity index (χ1n) is 22.1. The van der Waals surface area contributed by atoms with E-state index in [-0.39, 0.29) is 52.9 Å². The van der Waals surface area contributed by atoms with Crippen LogP contribution >= 0.6 is 0 Å². The van der Waals surface area contributed by atoms with Gasteiger partial charge in [-0.3, -0.25) is 48.7 Å². The molecule has 1 aromatic heterocycles. The van der Waals surface area contributed by atoms with Crippen molar-refractivity contribution >= 4 is 46.8 Å². The number of pyridine rings is 1. The van der Waals surface area contributed by atoms with Crippen molar-refractivity contribution in [2.24, 2.45) is 0 Å². The minimum Gasteiger partial charge on any atom is -0.367 e. The highest BCUT2D eigenvalue weighted by atomic mass is 19.4. The van der Waals surface area contributed by atoms with Crippen molar-refractivity contribution in [1.82, 2.24) is 25.4 Å². The van der Waals surface area contributed by atoms with Gasteiger partial charge in [0.05, 0.1) is 33.6 Å². The monoisotopic (exact) mass is 913 g/mol. The van der Waals surface area contributed by atoms with Crippen LogP contribution in [0, 0.1) is 5.82 Å². The molecule has 4 heterocycles. The zero-order valence-electron chi connectivity index (χ0n) is 36.8. The first-order chi connectivity index (χ1) is 31.4. The lowest BCUT2D eigenvalue weighted by Crippen LogP contribution is -2.55. The van der Waals surface area contributed by atoms with Crippen LogP contribution < -0.4 is 26.4 Å². The fourth-order valence-electron chi connectivity index (χ4n) is 8.90. The van der Waals surface area contributed by atoms with Gasteiger partial charge in [-0.1, -0.05) is 43.9 Å². The molecule has 348 valence electrons. The highest BCUT2D eigenvalue weighted by Crippen LogP contribution is 2.37. The summed E-state index contributed by atoms with van der Waals surface area (Å²) in [5.41, 5.74) is -0.832. The number of aromatic nitrogens is 1. The number of nitrogens with zero attached hydrogens (tertiary/aromatic N) is 3. The first kappa shape index (κ1) is 47.3. The number of piperazine rings is 1. The number of piperidine rings is 1. The molecule has 3 aliphatic rings. The second-order valence-corrected chi connectivity index (χ2v) is 17.2. The molecule has 0 bridgehead atoms. The molecule has 2 saturated heterocycles. The Morgan fingerprint density at radius 1 is 0.818 bits per heavy atom. The van der Waals surface area contributed by atoms with Crippen molar-refractivity contribution in [3.8, 4) is 11.1 Å². The van der Waals surface area contributed by atoms with Gasteiger partial charge in [-0.15, -0.1) is 0 Å². The molecule has 0 radical (unpaired) electrons. The third-order valence-electron chi connectivity index (χ3n) is 12.7. The molecule has 4 aromatic rings. The smallest absolute Gasteiger partial charge is 0.367 e. The zero-order valence-corrected chi connectivity index (χ0v) is 36.8. The minimum absolute atomic E-state index is 0.0351. The summed E-state index contributed by atoms with van der Waals surface area (Å²) in [6, 6.07) is 13.2. The molecule has 18 heteroatoms. The van der Waals surface area contributed by atoms with Gasteiger partial charge in [0.15, 0.2) is 0 Å². The number of rotatable bonds is 15. The molecule has 0 spiro atoms. The maximum Gasteiger partial charge on any atom is 0.417 e. The van der Waals surface area contributed by atoms with Crippen LogP contribution in [0.5, 0.6) is 0 Å². The molecule has 14 nitrogen and oxygen atoms in total. The van der Waals surface area contributed by atoms with Gasteiger partial charge in [0.1, 0.15) is 11.9 Å². The van der Waals surface area contributed by atoms with Crippen LogP contribution in [0.1, 0.15) is 118 Å². The fourth-order valence-corrected chi connectivity index (χ4v) is 8.90. The van der Waals surface area contributed by atoms with Crippen LogP contribution in [0.25, 0.3) is 11.1 Å². The number of benzene rings is 3. The molecule has 3 atom stereocenters. The van der Waals surface area contributed by atoms with E-state index in [1.807, 2.05) is 31.9 Å². The number of hydrogen-bond acceptors (Lipinski definition) is 9. The summed E-state index contributed by atoms with van der Waals surface area (Å²) in [5, 5.41) is 7.67. The standard InChI is InChI=1S/C48H51F4N7O7/c1-27-25-58(26-28(2)57(27)3)38-17-15-30(22-37(38)55-44(63)34-24-54-41(61)23-35(34)48(50,51)52)33-21-31(14-16-36(33)49)43(62)53-20-9-7-5-4-6-8-11-29-12-10-13-32-42(29)47(66)59(46(32)65)39-18-19-40(60)56-45(39)64/h10,12-17,21-24,27-28,39H,4-9,11,18-20,25-26H2,1-3H3,(H,53,62)(H,54,61)(H,55,63)(H,56,60,64)/t27-,28+,39?. The van der Waals surface area contributed by atoms with E-state index in [0.29, 0.717) is 56.0 Å². The Labute approximate surface area is 378 Å². The van der Waals surface area contributed by atoms with E-state index in [4.69, 9.17) is 0 Å². The van der Waals surface area contributed by atoms with Crippen molar-refractivity contribution in [2.45, 2.75) is 95.9 Å². The number of likely N-dealkylation sites (N-methyl/N-ethyl adjacent to an activating group) is 1. The number of alkyl halides is 3. The van der Waals surface area contributed by atoms with Gasteiger partial charge in [-0.2, -0.15) is 13.2 Å². The predicted octanol–water partition coefficient (Wildman–Crippen LogP) is 6.70. The summed E-state index contributed by atoms with van der Waals surface area (Å²) in [6.45, 7) is 5.46. The maximum absolute atomic E-state index is 15.5. The highest BCUT2D eigenvalue weighted by molar-refractivity contribution is 6.24. The van der Waals surface area contributed by atoms with Crippen LogP contribution in [-0.4, -0.2) is 95.0 Å². The van der Waals surface area contributed by atoms with Crippen molar-refractivity contribution in [3.63, 3.8) is 0 Å². The van der Waals surface area contributed by atoms with Crippen LogP contribution in [0.3, 0.4) is 0 Å². The number of H-pyrrole nitrogens is 1. The van der Waals surface area contributed by atoms with Gasteiger partial charge in [-0.25, -0.2) is 4.39 Å². The molecule has 0 aliphatic carbocycles. The lowest BCUT2D eigenvalue weighted by atomic mass is 9.97. The molecule has 2 fully saturated rings. The van der Waals surface area contributed by atoms with Gasteiger partial charge in [0, 0.05) is 61.5 Å². The molecule has 3 aliphatic heterocycles.